The molecule has 2 N–H and O–H groups in total. The number of nitrogens with zero attached hydrogens (tertiary/aromatic N) is 1. The zero-order valence-corrected chi connectivity index (χ0v) is 10.6. The summed E-state index contributed by atoms with van der Waals surface area (Å²) < 4.78 is 38.4. The summed E-state index contributed by atoms with van der Waals surface area (Å²) in [6, 6.07) is 1.59. The number of aromatic nitrogens is 1. The molecular formula is C12H17F3N2O2. The molecule has 0 saturated carbocycles. The van der Waals surface area contributed by atoms with Crippen LogP contribution in [0, 0.1) is 0 Å². The molecule has 19 heavy (non-hydrogen) atoms. The number of aliphatic hydroxyl groups excluding tert-OH is 1. The number of alkyl halides is 3. The van der Waals surface area contributed by atoms with Crippen molar-refractivity contribution in [1.82, 2.24) is 9.88 Å². The molecule has 1 unspecified atom stereocenters. The summed E-state index contributed by atoms with van der Waals surface area (Å²) in [4.78, 5) is 11.4. The lowest BCUT2D eigenvalue weighted by Crippen LogP contribution is -2.34. The monoisotopic (exact) mass is 278 g/mol. The van der Waals surface area contributed by atoms with E-state index in [0.717, 1.165) is 29.3 Å². The molecule has 1 atom stereocenters. The highest BCUT2D eigenvalue weighted by Gasteiger charge is 2.31. The van der Waals surface area contributed by atoms with Crippen LogP contribution in [0.3, 0.4) is 0 Å². The normalized spacial score (nSPS) is 13.5. The van der Waals surface area contributed by atoms with Crippen molar-refractivity contribution in [2.45, 2.75) is 32.2 Å². The number of aliphatic hydroxyl groups is 1. The Balaban J connectivity index is 2.74. The van der Waals surface area contributed by atoms with Crippen LogP contribution in [0.1, 0.15) is 18.9 Å². The van der Waals surface area contributed by atoms with Crippen LogP contribution in [0.2, 0.25) is 0 Å². The SMILES string of the molecule is CCCNCC(O)Cn1cc(C(F)(F)F)ccc1=O. The van der Waals surface area contributed by atoms with Gasteiger partial charge in [0, 0.05) is 18.8 Å². The number of hydrogen-bond acceptors (Lipinski definition) is 3. The molecule has 0 bridgehead atoms. The topological polar surface area (TPSA) is 54.3 Å². The van der Waals surface area contributed by atoms with Crippen molar-refractivity contribution in [3.63, 3.8) is 0 Å². The third kappa shape index (κ3) is 5.04. The molecule has 0 aliphatic rings. The first-order valence-corrected chi connectivity index (χ1v) is 6.01. The number of nitrogens with one attached hydrogen (secondary N) is 1. The zero-order chi connectivity index (χ0) is 14.5. The van der Waals surface area contributed by atoms with E-state index >= 15 is 0 Å². The van der Waals surface area contributed by atoms with E-state index in [1.807, 2.05) is 6.92 Å². The van der Waals surface area contributed by atoms with E-state index < -0.39 is 23.4 Å². The highest BCUT2D eigenvalue weighted by atomic mass is 19.4. The van der Waals surface area contributed by atoms with Gasteiger partial charge in [0.05, 0.1) is 18.2 Å². The highest BCUT2D eigenvalue weighted by molar-refractivity contribution is 5.13. The van der Waals surface area contributed by atoms with Crippen molar-refractivity contribution in [1.29, 1.82) is 0 Å². The van der Waals surface area contributed by atoms with E-state index in [4.69, 9.17) is 0 Å². The largest absolute Gasteiger partial charge is 0.417 e. The molecule has 1 heterocycles. The maximum absolute atomic E-state index is 12.5. The number of pyridine rings is 1. The summed E-state index contributed by atoms with van der Waals surface area (Å²) in [5.74, 6) is 0. The van der Waals surface area contributed by atoms with Crippen LogP contribution < -0.4 is 10.9 Å². The molecule has 0 spiro atoms. The third-order valence-electron chi connectivity index (χ3n) is 2.52. The van der Waals surface area contributed by atoms with E-state index in [9.17, 15) is 23.1 Å². The van der Waals surface area contributed by atoms with Gasteiger partial charge in [-0.2, -0.15) is 13.2 Å². The second-order valence-electron chi connectivity index (χ2n) is 4.26. The molecule has 4 nitrogen and oxygen atoms in total. The quantitative estimate of drug-likeness (QED) is 0.770. The van der Waals surface area contributed by atoms with Gasteiger partial charge in [-0.1, -0.05) is 6.92 Å². The Morgan fingerprint density at radius 2 is 2.11 bits per heavy atom. The van der Waals surface area contributed by atoms with Crippen LogP contribution in [0.25, 0.3) is 0 Å². The number of rotatable bonds is 6. The fourth-order valence-electron chi connectivity index (χ4n) is 1.58. The van der Waals surface area contributed by atoms with Gasteiger partial charge in [-0.05, 0) is 19.0 Å². The minimum absolute atomic E-state index is 0.167. The first-order valence-electron chi connectivity index (χ1n) is 6.01. The average molecular weight is 278 g/mol. The molecule has 0 radical (unpaired) electrons. The van der Waals surface area contributed by atoms with Gasteiger partial charge in [-0.15, -0.1) is 0 Å². The zero-order valence-electron chi connectivity index (χ0n) is 10.6. The highest BCUT2D eigenvalue weighted by Crippen LogP contribution is 2.27. The van der Waals surface area contributed by atoms with Crippen molar-refractivity contribution in [2.24, 2.45) is 0 Å². The lowest BCUT2D eigenvalue weighted by molar-refractivity contribution is -0.138. The van der Waals surface area contributed by atoms with Crippen LogP contribution in [0.5, 0.6) is 0 Å². The summed E-state index contributed by atoms with van der Waals surface area (Å²) in [6.07, 6.45) is -3.80. The van der Waals surface area contributed by atoms with Gasteiger partial charge >= 0.3 is 6.18 Å². The Morgan fingerprint density at radius 1 is 1.42 bits per heavy atom. The molecule has 0 amide bonds. The van der Waals surface area contributed by atoms with Crippen LogP contribution in [0.4, 0.5) is 13.2 Å². The van der Waals surface area contributed by atoms with Gasteiger partial charge < -0.3 is 15.0 Å². The van der Waals surface area contributed by atoms with Gasteiger partial charge in [-0.25, -0.2) is 0 Å². The predicted molar refractivity (Wildman–Crippen MR) is 64.9 cm³/mol. The fraction of sp³-hybridized carbons (Fsp3) is 0.583. The van der Waals surface area contributed by atoms with E-state index in [-0.39, 0.29) is 13.1 Å². The van der Waals surface area contributed by atoms with Crippen LogP contribution in [0.15, 0.2) is 23.1 Å². The van der Waals surface area contributed by atoms with Crippen molar-refractivity contribution in [3.05, 3.63) is 34.2 Å². The van der Waals surface area contributed by atoms with E-state index in [2.05, 4.69) is 5.32 Å². The molecule has 0 fully saturated rings. The first kappa shape index (κ1) is 15.7. The fourth-order valence-corrected chi connectivity index (χ4v) is 1.58. The van der Waals surface area contributed by atoms with E-state index in [1.54, 1.807) is 0 Å². The van der Waals surface area contributed by atoms with Crippen molar-refractivity contribution in [3.8, 4) is 0 Å². The minimum Gasteiger partial charge on any atom is -0.390 e. The van der Waals surface area contributed by atoms with Gasteiger partial charge in [0.15, 0.2) is 0 Å². The molecule has 1 aromatic rings. The molecule has 7 heteroatoms. The van der Waals surface area contributed by atoms with Crippen molar-refractivity contribution in [2.75, 3.05) is 13.1 Å². The van der Waals surface area contributed by atoms with Crippen LogP contribution in [-0.4, -0.2) is 28.9 Å². The molecule has 0 saturated heterocycles. The smallest absolute Gasteiger partial charge is 0.390 e. The lowest BCUT2D eigenvalue weighted by Gasteiger charge is -2.15. The second-order valence-corrected chi connectivity index (χ2v) is 4.26. The average Bonchev–Trinajstić information content (AvgIpc) is 2.31. The Labute approximate surface area is 108 Å². The Hall–Kier alpha value is -1.34. The summed E-state index contributed by atoms with van der Waals surface area (Å²) in [7, 11) is 0. The number of halogens is 3. The van der Waals surface area contributed by atoms with E-state index in [0.29, 0.717) is 6.54 Å². The van der Waals surface area contributed by atoms with Crippen LogP contribution in [-0.2, 0) is 12.7 Å². The van der Waals surface area contributed by atoms with Crippen LogP contribution >= 0.6 is 0 Å². The Bertz CT molecular complexity index is 457. The summed E-state index contributed by atoms with van der Waals surface area (Å²) in [6.45, 7) is 2.72. The third-order valence-corrected chi connectivity index (χ3v) is 2.52. The molecule has 0 aromatic carbocycles. The maximum Gasteiger partial charge on any atom is 0.417 e. The molecule has 1 aromatic heterocycles. The summed E-state index contributed by atoms with van der Waals surface area (Å²) in [5.41, 5.74) is -1.47. The first-order chi connectivity index (χ1) is 8.84. The second kappa shape index (κ2) is 6.72. The van der Waals surface area contributed by atoms with Gasteiger partial charge in [-0.3, -0.25) is 4.79 Å². The van der Waals surface area contributed by atoms with Crippen molar-refractivity contribution >= 4 is 0 Å². The van der Waals surface area contributed by atoms with Gasteiger partial charge in [0.25, 0.3) is 5.56 Å². The lowest BCUT2D eigenvalue weighted by atomic mass is 10.2. The summed E-state index contributed by atoms with van der Waals surface area (Å²) >= 11 is 0. The Kier molecular flexibility index (Phi) is 5.56. The molecule has 0 aliphatic heterocycles. The summed E-state index contributed by atoms with van der Waals surface area (Å²) in [5, 5.41) is 12.6. The van der Waals surface area contributed by atoms with Gasteiger partial charge in [0.1, 0.15) is 0 Å². The van der Waals surface area contributed by atoms with Gasteiger partial charge in [0.2, 0.25) is 0 Å². The van der Waals surface area contributed by atoms with E-state index in [1.165, 1.54) is 0 Å². The Morgan fingerprint density at radius 3 is 2.68 bits per heavy atom. The minimum atomic E-state index is -4.50. The maximum atomic E-state index is 12.5. The predicted octanol–water partition coefficient (Wildman–Crippen LogP) is 1.23. The molecule has 0 aliphatic carbocycles. The molecular weight excluding hydrogens is 261 g/mol. The van der Waals surface area contributed by atoms with Crippen molar-refractivity contribution < 1.29 is 18.3 Å². The molecule has 1 rings (SSSR count). The number of hydrogen-bond donors (Lipinski definition) is 2. The standard InChI is InChI=1S/C12H17F3N2O2/c1-2-5-16-6-10(18)8-17-7-9(12(13,14)15)3-4-11(17)19/h3-4,7,10,16,18H,2,5-6,8H2,1H3. The molecule has 108 valence electrons.